The second-order valence-electron chi connectivity index (χ2n) is 5.87. The number of hydrogen-bond acceptors (Lipinski definition) is 3. The Morgan fingerprint density at radius 3 is 2.91 bits per heavy atom. The maximum Gasteiger partial charge on any atom is 0.264 e. The summed E-state index contributed by atoms with van der Waals surface area (Å²) >= 11 is 5.96. The van der Waals surface area contributed by atoms with Crippen LogP contribution in [-0.2, 0) is 18.4 Å². The van der Waals surface area contributed by atoms with Crippen LogP contribution in [0.3, 0.4) is 0 Å². The van der Waals surface area contributed by atoms with Gasteiger partial charge in [0.05, 0.1) is 6.54 Å². The molecule has 5 nitrogen and oxygen atoms in total. The molecule has 3 rings (SSSR count). The van der Waals surface area contributed by atoms with Crippen LogP contribution in [0.5, 0.6) is 5.75 Å². The first-order valence-electron chi connectivity index (χ1n) is 7.73. The van der Waals surface area contributed by atoms with Crippen molar-refractivity contribution < 1.29 is 9.53 Å². The van der Waals surface area contributed by atoms with E-state index in [0.717, 1.165) is 18.7 Å². The highest BCUT2D eigenvalue weighted by Gasteiger charge is 2.36. The molecule has 1 aliphatic rings. The molecule has 1 aromatic heterocycles. The van der Waals surface area contributed by atoms with Crippen LogP contribution in [-0.4, -0.2) is 32.5 Å². The first-order chi connectivity index (χ1) is 11.0. The van der Waals surface area contributed by atoms with Crippen LogP contribution in [0.4, 0.5) is 0 Å². The molecule has 0 aliphatic heterocycles. The van der Waals surface area contributed by atoms with E-state index in [1.54, 1.807) is 37.4 Å². The molecule has 1 fully saturated rings. The number of benzene rings is 1. The number of ether oxygens (including phenoxy) is 1. The second-order valence-corrected chi connectivity index (χ2v) is 6.31. The highest BCUT2D eigenvalue weighted by atomic mass is 35.5. The molecule has 0 saturated heterocycles. The Kier molecular flexibility index (Phi) is 4.57. The monoisotopic (exact) mass is 333 g/mol. The molecule has 1 unspecified atom stereocenters. The third-order valence-electron chi connectivity index (χ3n) is 3.96. The molecule has 1 aromatic carbocycles. The van der Waals surface area contributed by atoms with Crippen molar-refractivity contribution in [3.63, 3.8) is 0 Å². The molecule has 0 spiro atoms. The SMILES string of the molecule is CC(Oc1cccc(Cl)c1)C(=O)N(Cc1nccn1C)C1CC1. The van der Waals surface area contributed by atoms with Gasteiger partial charge in [-0.05, 0) is 38.0 Å². The van der Waals surface area contributed by atoms with Gasteiger partial charge in [0.15, 0.2) is 6.10 Å². The van der Waals surface area contributed by atoms with Gasteiger partial charge in [-0.3, -0.25) is 4.79 Å². The van der Waals surface area contributed by atoms with Crippen molar-refractivity contribution in [2.45, 2.75) is 38.5 Å². The Labute approximate surface area is 140 Å². The smallest absolute Gasteiger partial charge is 0.264 e. The van der Waals surface area contributed by atoms with Gasteiger partial charge >= 0.3 is 0 Å². The standard InChI is InChI=1S/C17H20ClN3O2/c1-12(23-15-5-3-4-13(18)10-15)17(22)21(14-6-7-14)11-16-19-8-9-20(16)2/h3-5,8-10,12,14H,6-7,11H2,1-2H3. The zero-order chi connectivity index (χ0) is 16.4. The lowest BCUT2D eigenvalue weighted by atomic mass is 10.3. The minimum absolute atomic E-state index is 0.0181. The highest BCUT2D eigenvalue weighted by Crippen LogP contribution is 2.29. The van der Waals surface area contributed by atoms with Gasteiger partial charge < -0.3 is 14.2 Å². The number of halogens is 1. The molecule has 122 valence electrons. The average molecular weight is 334 g/mol. The summed E-state index contributed by atoms with van der Waals surface area (Å²) in [6, 6.07) is 7.39. The lowest BCUT2D eigenvalue weighted by Crippen LogP contribution is -2.41. The van der Waals surface area contributed by atoms with Crippen LogP contribution in [0, 0.1) is 0 Å². The maximum atomic E-state index is 12.8. The predicted molar refractivity (Wildman–Crippen MR) is 88.3 cm³/mol. The third-order valence-corrected chi connectivity index (χ3v) is 4.20. The van der Waals surface area contributed by atoms with E-state index in [9.17, 15) is 4.79 Å². The van der Waals surface area contributed by atoms with Crippen LogP contribution in [0.2, 0.25) is 5.02 Å². The quantitative estimate of drug-likeness (QED) is 0.816. The number of aryl methyl sites for hydroxylation is 1. The summed E-state index contributed by atoms with van der Waals surface area (Å²) < 4.78 is 7.70. The van der Waals surface area contributed by atoms with Gasteiger partial charge in [0, 0.05) is 30.5 Å². The van der Waals surface area contributed by atoms with Crippen LogP contribution in [0.1, 0.15) is 25.6 Å². The summed E-state index contributed by atoms with van der Waals surface area (Å²) in [6.07, 6.45) is 5.16. The minimum atomic E-state index is -0.561. The van der Waals surface area contributed by atoms with Crippen molar-refractivity contribution in [2.75, 3.05) is 0 Å². The zero-order valence-corrected chi connectivity index (χ0v) is 14.0. The number of rotatable bonds is 6. The van der Waals surface area contributed by atoms with E-state index >= 15 is 0 Å². The molecule has 0 N–H and O–H groups in total. The number of carbonyl (C=O) groups excluding carboxylic acids is 1. The fourth-order valence-corrected chi connectivity index (χ4v) is 2.68. The molecule has 2 aromatic rings. The Morgan fingerprint density at radius 1 is 1.52 bits per heavy atom. The molecular weight excluding hydrogens is 314 g/mol. The molecule has 0 radical (unpaired) electrons. The molecule has 1 saturated carbocycles. The Hall–Kier alpha value is -2.01. The number of carbonyl (C=O) groups is 1. The van der Waals surface area contributed by atoms with Crippen LogP contribution in [0.25, 0.3) is 0 Å². The molecule has 1 atom stereocenters. The molecular formula is C17H20ClN3O2. The zero-order valence-electron chi connectivity index (χ0n) is 13.3. The first kappa shape index (κ1) is 15.9. The second kappa shape index (κ2) is 6.62. The molecule has 6 heteroatoms. The normalized spacial score (nSPS) is 15.3. The summed E-state index contributed by atoms with van der Waals surface area (Å²) in [5.41, 5.74) is 0. The summed E-state index contributed by atoms with van der Waals surface area (Å²) in [6.45, 7) is 2.29. The van der Waals surface area contributed by atoms with Gasteiger partial charge in [-0.1, -0.05) is 17.7 Å². The van der Waals surface area contributed by atoms with Crippen molar-refractivity contribution >= 4 is 17.5 Å². The summed E-state index contributed by atoms with van der Waals surface area (Å²) in [7, 11) is 1.93. The Bertz CT molecular complexity index is 697. The number of hydrogen-bond donors (Lipinski definition) is 0. The van der Waals surface area contributed by atoms with Gasteiger partial charge in [0.25, 0.3) is 5.91 Å². The highest BCUT2D eigenvalue weighted by molar-refractivity contribution is 6.30. The topological polar surface area (TPSA) is 47.4 Å². The molecule has 23 heavy (non-hydrogen) atoms. The maximum absolute atomic E-state index is 12.8. The van der Waals surface area contributed by atoms with Gasteiger partial charge in [0.2, 0.25) is 0 Å². The Morgan fingerprint density at radius 2 is 2.30 bits per heavy atom. The predicted octanol–water partition coefficient (Wildman–Crippen LogP) is 3.03. The number of imidazole rings is 1. The summed E-state index contributed by atoms with van der Waals surface area (Å²) in [5.74, 6) is 1.46. The number of amides is 1. The van der Waals surface area contributed by atoms with Gasteiger partial charge in [-0.15, -0.1) is 0 Å². The van der Waals surface area contributed by atoms with E-state index < -0.39 is 6.10 Å². The van der Waals surface area contributed by atoms with E-state index in [-0.39, 0.29) is 5.91 Å². The Balaban J connectivity index is 1.69. The van der Waals surface area contributed by atoms with Crippen molar-refractivity contribution in [3.8, 4) is 5.75 Å². The fourth-order valence-electron chi connectivity index (χ4n) is 2.50. The van der Waals surface area contributed by atoms with Crippen LogP contribution in [0.15, 0.2) is 36.7 Å². The van der Waals surface area contributed by atoms with Crippen LogP contribution < -0.4 is 4.74 Å². The van der Waals surface area contributed by atoms with Crippen molar-refractivity contribution in [1.29, 1.82) is 0 Å². The van der Waals surface area contributed by atoms with Gasteiger partial charge in [0.1, 0.15) is 11.6 Å². The van der Waals surface area contributed by atoms with Crippen molar-refractivity contribution in [3.05, 3.63) is 47.5 Å². The fraction of sp³-hybridized carbons (Fsp3) is 0.412. The van der Waals surface area contributed by atoms with E-state index in [0.29, 0.717) is 23.4 Å². The molecule has 1 heterocycles. The van der Waals surface area contributed by atoms with E-state index in [2.05, 4.69) is 4.98 Å². The summed E-state index contributed by atoms with van der Waals surface area (Å²) in [5, 5.41) is 0.592. The molecule has 0 bridgehead atoms. The number of aromatic nitrogens is 2. The van der Waals surface area contributed by atoms with E-state index in [4.69, 9.17) is 16.3 Å². The van der Waals surface area contributed by atoms with Crippen molar-refractivity contribution in [1.82, 2.24) is 14.5 Å². The molecule has 1 aliphatic carbocycles. The summed E-state index contributed by atoms with van der Waals surface area (Å²) in [4.78, 5) is 19.0. The van der Waals surface area contributed by atoms with E-state index in [1.165, 1.54) is 0 Å². The average Bonchev–Trinajstić information content (AvgIpc) is 3.27. The van der Waals surface area contributed by atoms with Crippen molar-refractivity contribution in [2.24, 2.45) is 7.05 Å². The molecule has 1 amide bonds. The first-order valence-corrected chi connectivity index (χ1v) is 8.11. The number of nitrogens with zero attached hydrogens (tertiary/aromatic N) is 3. The lowest BCUT2D eigenvalue weighted by Gasteiger charge is -2.26. The van der Waals surface area contributed by atoms with E-state index in [1.807, 2.05) is 22.7 Å². The third kappa shape index (κ3) is 3.85. The minimum Gasteiger partial charge on any atom is -0.481 e. The lowest BCUT2D eigenvalue weighted by molar-refractivity contribution is -0.139. The van der Waals surface area contributed by atoms with Crippen LogP contribution >= 0.6 is 11.6 Å². The van der Waals surface area contributed by atoms with Gasteiger partial charge in [-0.25, -0.2) is 4.98 Å². The van der Waals surface area contributed by atoms with Gasteiger partial charge in [-0.2, -0.15) is 0 Å². The largest absolute Gasteiger partial charge is 0.481 e.